The van der Waals surface area contributed by atoms with Crippen molar-refractivity contribution in [3.8, 4) is 0 Å². The van der Waals surface area contributed by atoms with Crippen LogP contribution >= 0.6 is 46.3 Å². The lowest BCUT2D eigenvalue weighted by Gasteiger charge is -2.01. The number of carbonyl (C=O) groups excluding carboxylic acids is 1. The summed E-state index contributed by atoms with van der Waals surface area (Å²) in [4.78, 5) is 12.1. The minimum absolute atomic E-state index is 0.222. The molecule has 1 heterocycles. The number of hydrogen-bond acceptors (Lipinski definition) is 5. The van der Waals surface area contributed by atoms with Gasteiger partial charge < -0.3 is 0 Å². The number of benzene rings is 2. The van der Waals surface area contributed by atoms with Gasteiger partial charge in [-0.2, -0.15) is 0 Å². The number of nitrogens with zero attached hydrogens (tertiary/aromatic N) is 2. The maximum absolute atomic E-state index is 13.2. The summed E-state index contributed by atoms with van der Waals surface area (Å²) in [6, 6.07) is 10.9. The molecule has 1 N–H and O–H groups in total. The third kappa shape index (κ3) is 4.92. The van der Waals surface area contributed by atoms with E-state index in [1.54, 1.807) is 12.1 Å². The zero-order chi connectivity index (χ0) is 17.8. The van der Waals surface area contributed by atoms with Crippen LogP contribution < -0.4 is 5.32 Å². The van der Waals surface area contributed by atoms with Gasteiger partial charge in [0.25, 0.3) is 5.91 Å². The fourth-order valence-corrected chi connectivity index (χ4v) is 3.90. The first kappa shape index (κ1) is 18.1. The Morgan fingerprint density at radius 3 is 2.76 bits per heavy atom. The van der Waals surface area contributed by atoms with Crippen LogP contribution in [0.15, 0.2) is 46.8 Å². The molecule has 0 spiro atoms. The number of amides is 1. The second-order valence-electron chi connectivity index (χ2n) is 4.87. The molecule has 25 heavy (non-hydrogen) atoms. The van der Waals surface area contributed by atoms with Crippen molar-refractivity contribution in [2.75, 3.05) is 5.32 Å². The lowest BCUT2D eigenvalue weighted by Crippen LogP contribution is -2.11. The summed E-state index contributed by atoms with van der Waals surface area (Å²) in [5.41, 5.74) is 1.22. The third-order valence-electron chi connectivity index (χ3n) is 3.06. The van der Waals surface area contributed by atoms with Crippen LogP contribution in [0.3, 0.4) is 0 Å². The van der Waals surface area contributed by atoms with E-state index in [1.807, 2.05) is 6.07 Å². The van der Waals surface area contributed by atoms with Gasteiger partial charge in [-0.25, -0.2) is 4.39 Å². The Morgan fingerprint density at radius 2 is 2.00 bits per heavy atom. The van der Waals surface area contributed by atoms with E-state index in [4.69, 9.17) is 23.2 Å². The zero-order valence-corrected chi connectivity index (χ0v) is 15.6. The number of anilines is 1. The molecule has 0 saturated heterocycles. The molecule has 0 radical (unpaired) electrons. The molecule has 0 atom stereocenters. The Bertz CT molecular complexity index is 920. The summed E-state index contributed by atoms with van der Waals surface area (Å²) in [7, 11) is 0. The number of rotatable bonds is 5. The van der Waals surface area contributed by atoms with Crippen molar-refractivity contribution < 1.29 is 9.18 Å². The highest BCUT2D eigenvalue weighted by Crippen LogP contribution is 2.30. The van der Waals surface area contributed by atoms with Crippen LogP contribution in [0.2, 0.25) is 10.0 Å². The van der Waals surface area contributed by atoms with Crippen LogP contribution in [0.1, 0.15) is 15.9 Å². The van der Waals surface area contributed by atoms with Gasteiger partial charge in [0, 0.05) is 11.3 Å². The van der Waals surface area contributed by atoms with Crippen LogP contribution in [0.25, 0.3) is 0 Å². The lowest BCUT2D eigenvalue weighted by molar-refractivity contribution is 0.102. The third-order valence-corrected chi connectivity index (χ3v) is 5.84. The molecule has 128 valence electrons. The largest absolute Gasteiger partial charge is 0.296 e. The molecule has 0 aliphatic heterocycles. The summed E-state index contributed by atoms with van der Waals surface area (Å²) >= 11 is 14.6. The number of carbonyl (C=O) groups is 1. The van der Waals surface area contributed by atoms with Crippen LogP contribution in [-0.2, 0) is 5.75 Å². The molecule has 1 amide bonds. The minimum Gasteiger partial charge on any atom is -0.296 e. The molecule has 3 rings (SSSR count). The Hall–Kier alpha value is -1.67. The fourth-order valence-electron chi connectivity index (χ4n) is 1.89. The van der Waals surface area contributed by atoms with Crippen molar-refractivity contribution >= 4 is 57.3 Å². The highest BCUT2D eigenvalue weighted by molar-refractivity contribution is 8.00. The predicted molar refractivity (Wildman–Crippen MR) is 100 cm³/mol. The van der Waals surface area contributed by atoms with Gasteiger partial charge in [-0.15, -0.1) is 10.2 Å². The minimum atomic E-state index is -0.470. The second kappa shape index (κ2) is 8.14. The fraction of sp³-hybridized carbons (Fsp3) is 0.0625. The number of hydrogen-bond donors (Lipinski definition) is 1. The first-order chi connectivity index (χ1) is 12.0. The van der Waals surface area contributed by atoms with Gasteiger partial charge in [-0.1, -0.05) is 58.4 Å². The molecule has 0 bridgehead atoms. The molecule has 0 saturated carbocycles. The van der Waals surface area contributed by atoms with E-state index in [0.717, 1.165) is 11.6 Å². The zero-order valence-electron chi connectivity index (χ0n) is 12.5. The van der Waals surface area contributed by atoms with Gasteiger partial charge in [-0.05, 0) is 35.9 Å². The highest BCUT2D eigenvalue weighted by atomic mass is 35.5. The summed E-state index contributed by atoms with van der Waals surface area (Å²) in [5, 5.41) is 11.9. The van der Waals surface area contributed by atoms with E-state index in [1.165, 1.54) is 41.3 Å². The summed E-state index contributed by atoms with van der Waals surface area (Å²) in [5.74, 6) is -0.261. The van der Waals surface area contributed by atoms with E-state index < -0.39 is 11.7 Å². The van der Waals surface area contributed by atoms with Gasteiger partial charge in [-0.3, -0.25) is 10.1 Å². The average molecular weight is 414 g/mol. The van der Waals surface area contributed by atoms with Gasteiger partial charge >= 0.3 is 0 Å². The van der Waals surface area contributed by atoms with Gasteiger partial charge in [0.2, 0.25) is 5.13 Å². The maximum Gasteiger partial charge on any atom is 0.257 e. The highest BCUT2D eigenvalue weighted by Gasteiger charge is 2.11. The molecule has 2 aromatic carbocycles. The normalized spacial score (nSPS) is 10.7. The van der Waals surface area contributed by atoms with Crippen LogP contribution in [0, 0.1) is 5.82 Å². The van der Waals surface area contributed by atoms with E-state index in [0.29, 0.717) is 25.3 Å². The Balaban J connectivity index is 1.60. The van der Waals surface area contributed by atoms with E-state index in [9.17, 15) is 9.18 Å². The Kier molecular flexibility index (Phi) is 5.90. The molecule has 0 fully saturated rings. The van der Waals surface area contributed by atoms with Crippen molar-refractivity contribution in [1.29, 1.82) is 0 Å². The molecule has 4 nitrogen and oxygen atoms in total. The molecule has 0 aliphatic carbocycles. The van der Waals surface area contributed by atoms with Crippen molar-refractivity contribution in [2.24, 2.45) is 0 Å². The van der Waals surface area contributed by atoms with E-state index in [-0.39, 0.29) is 5.56 Å². The van der Waals surface area contributed by atoms with Gasteiger partial charge in [0.15, 0.2) is 4.34 Å². The number of thioether (sulfide) groups is 1. The molecule has 3 aromatic rings. The standard InChI is InChI=1S/C16H10Cl2FN3OS2/c17-12-5-4-9(6-13(12)18)8-24-16-22-21-15(25-16)20-14(23)10-2-1-3-11(19)7-10/h1-7H,8H2,(H,20,21,23). The average Bonchev–Trinajstić information content (AvgIpc) is 3.03. The second-order valence-corrected chi connectivity index (χ2v) is 7.89. The van der Waals surface area contributed by atoms with Crippen molar-refractivity contribution in [3.63, 3.8) is 0 Å². The van der Waals surface area contributed by atoms with E-state index >= 15 is 0 Å². The molecular weight excluding hydrogens is 404 g/mol. The van der Waals surface area contributed by atoms with Gasteiger partial charge in [0.1, 0.15) is 5.82 Å². The Morgan fingerprint density at radius 1 is 1.16 bits per heavy atom. The lowest BCUT2D eigenvalue weighted by atomic mass is 10.2. The van der Waals surface area contributed by atoms with Crippen LogP contribution in [0.4, 0.5) is 9.52 Å². The summed E-state index contributed by atoms with van der Waals surface area (Å²) in [6.45, 7) is 0. The summed E-state index contributed by atoms with van der Waals surface area (Å²) in [6.07, 6.45) is 0. The van der Waals surface area contributed by atoms with E-state index in [2.05, 4.69) is 15.5 Å². The number of nitrogens with one attached hydrogen (secondary N) is 1. The molecule has 0 unspecified atom stereocenters. The topological polar surface area (TPSA) is 54.9 Å². The first-order valence-corrected chi connectivity index (χ1v) is 9.54. The van der Waals surface area contributed by atoms with Crippen molar-refractivity contribution in [3.05, 3.63) is 69.5 Å². The Labute approximate surface area is 161 Å². The number of aromatic nitrogens is 2. The van der Waals surface area contributed by atoms with Gasteiger partial charge in [0.05, 0.1) is 10.0 Å². The maximum atomic E-state index is 13.2. The summed E-state index contributed by atoms with van der Waals surface area (Å²) < 4.78 is 13.9. The monoisotopic (exact) mass is 413 g/mol. The quantitative estimate of drug-likeness (QED) is 0.441. The van der Waals surface area contributed by atoms with Crippen LogP contribution in [0.5, 0.6) is 0 Å². The smallest absolute Gasteiger partial charge is 0.257 e. The SMILES string of the molecule is O=C(Nc1nnc(SCc2ccc(Cl)c(Cl)c2)s1)c1cccc(F)c1. The molecular formula is C16H10Cl2FN3OS2. The molecule has 1 aromatic heterocycles. The van der Waals surface area contributed by atoms with Crippen LogP contribution in [-0.4, -0.2) is 16.1 Å². The number of halogens is 3. The van der Waals surface area contributed by atoms with Crippen molar-refractivity contribution in [1.82, 2.24) is 10.2 Å². The first-order valence-electron chi connectivity index (χ1n) is 6.98. The molecule has 9 heteroatoms. The predicted octanol–water partition coefficient (Wildman–Crippen LogP) is 5.53. The molecule has 0 aliphatic rings. The van der Waals surface area contributed by atoms with Crippen molar-refractivity contribution in [2.45, 2.75) is 10.1 Å².